The number of aryl methyl sites for hydroxylation is 3. The van der Waals surface area contributed by atoms with Crippen LogP contribution in [0.15, 0.2) is 0 Å². The van der Waals surface area contributed by atoms with E-state index in [4.69, 9.17) is 0 Å². The molecule has 48 valence electrons. The summed E-state index contributed by atoms with van der Waals surface area (Å²) in [7, 11) is 4.43. The van der Waals surface area contributed by atoms with Crippen molar-refractivity contribution in [2.45, 2.75) is 20.8 Å². The molecule has 1 aromatic heterocycles. The monoisotopic (exact) mass is 174 g/mol. The highest BCUT2D eigenvalue weighted by molar-refractivity contribution is 7.61. The Bertz CT molecular complexity index is 169. The molecule has 0 N–H and O–H groups in total. The quantitative estimate of drug-likeness (QED) is 0.548. The Balaban J connectivity index is 3.17. The summed E-state index contributed by atoms with van der Waals surface area (Å²) in [5.74, 6) is 0. The van der Waals surface area contributed by atoms with E-state index in [1.54, 1.807) is 15.1 Å². The molecular weight excluding hydrogens is 165 g/mol. The van der Waals surface area contributed by atoms with Crippen LogP contribution in [0, 0.1) is 20.8 Å². The van der Waals surface area contributed by atoms with Crippen LogP contribution in [0.1, 0.15) is 15.1 Å². The van der Waals surface area contributed by atoms with Gasteiger partial charge in [-0.1, -0.05) is 24.6 Å². The second-order valence-electron chi connectivity index (χ2n) is 1.98. The van der Waals surface area contributed by atoms with Crippen molar-refractivity contribution in [1.82, 2.24) is 0 Å². The van der Waals surface area contributed by atoms with Gasteiger partial charge in [0.05, 0.1) is 0 Å². The molecule has 0 saturated heterocycles. The molecule has 0 amide bonds. The minimum atomic E-state index is 1.48. The Morgan fingerprint density at radius 3 is 1.11 bits per heavy atom. The van der Waals surface area contributed by atoms with Gasteiger partial charge in [-0.3, -0.25) is 0 Å². The van der Waals surface area contributed by atoms with Crippen LogP contribution in [0.25, 0.3) is 0 Å². The predicted molar refractivity (Wildman–Crippen MR) is 48.2 cm³/mol. The number of hydrogen-bond acceptors (Lipinski definition) is 0. The van der Waals surface area contributed by atoms with Gasteiger partial charge in [-0.25, -0.2) is 0 Å². The Labute approximate surface area is 61.0 Å². The second-order valence-corrected chi connectivity index (χ2v) is 7.73. The summed E-state index contributed by atoms with van der Waals surface area (Å²) in [6, 6.07) is 0. The SMILES string of the molecule is Cc1pc(C)pc(C)p1. The molecule has 0 unspecified atom stereocenters. The lowest BCUT2D eigenvalue weighted by Gasteiger charge is -1.94. The normalized spacial score (nSPS) is 12.3. The first-order valence-electron chi connectivity index (χ1n) is 2.84. The van der Waals surface area contributed by atoms with Crippen LogP contribution in [-0.4, -0.2) is 0 Å². The van der Waals surface area contributed by atoms with Crippen LogP contribution in [0.3, 0.4) is 0 Å². The van der Waals surface area contributed by atoms with Crippen molar-refractivity contribution >= 4 is 24.6 Å². The summed E-state index contributed by atoms with van der Waals surface area (Å²) in [5, 5.41) is 4.72. The van der Waals surface area contributed by atoms with Crippen LogP contribution < -0.4 is 0 Å². The average Bonchev–Trinajstić information content (AvgIpc) is 1.59. The Morgan fingerprint density at radius 1 is 0.667 bits per heavy atom. The zero-order valence-corrected chi connectivity index (χ0v) is 8.52. The Morgan fingerprint density at radius 2 is 0.889 bits per heavy atom. The van der Waals surface area contributed by atoms with Crippen LogP contribution in [-0.2, 0) is 0 Å². The van der Waals surface area contributed by atoms with E-state index in [0.717, 1.165) is 0 Å². The first-order chi connectivity index (χ1) is 4.18. The first kappa shape index (κ1) is 7.62. The molecule has 0 radical (unpaired) electrons. The molecule has 0 bridgehead atoms. The lowest BCUT2D eigenvalue weighted by molar-refractivity contribution is 1.70. The van der Waals surface area contributed by atoms with Crippen molar-refractivity contribution in [3.8, 4) is 0 Å². The molecule has 0 atom stereocenters. The summed E-state index contributed by atoms with van der Waals surface area (Å²) in [5.41, 5.74) is 0. The van der Waals surface area contributed by atoms with E-state index >= 15 is 0 Å². The summed E-state index contributed by atoms with van der Waals surface area (Å²) < 4.78 is 0. The van der Waals surface area contributed by atoms with Crippen LogP contribution in [0.5, 0.6) is 0 Å². The van der Waals surface area contributed by atoms with Gasteiger partial charge in [0, 0.05) is 15.1 Å². The van der Waals surface area contributed by atoms with Gasteiger partial charge < -0.3 is 0 Å². The van der Waals surface area contributed by atoms with E-state index in [0.29, 0.717) is 0 Å². The van der Waals surface area contributed by atoms with Gasteiger partial charge in [0.25, 0.3) is 0 Å². The van der Waals surface area contributed by atoms with Crippen molar-refractivity contribution in [3.63, 3.8) is 0 Å². The number of rotatable bonds is 0. The van der Waals surface area contributed by atoms with E-state index in [2.05, 4.69) is 20.8 Å². The summed E-state index contributed by atoms with van der Waals surface area (Å²) in [6.07, 6.45) is 0. The molecule has 0 aliphatic heterocycles. The van der Waals surface area contributed by atoms with Crippen LogP contribution in [0.2, 0.25) is 0 Å². The average molecular weight is 174 g/mol. The lowest BCUT2D eigenvalue weighted by Crippen LogP contribution is -1.57. The van der Waals surface area contributed by atoms with E-state index in [1.807, 2.05) is 0 Å². The summed E-state index contributed by atoms with van der Waals surface area (Å²) in [6.45, 7) is 6.68. The zero-order chi connectivity index (χ0) is 6.85. The highest BCUT2D eigenvalue weighted by atomic mass is 31.1. The van der Waals surface area contributed by atoms with Crippen molar-refractivity contribution in [2.75, 3.05) is 0 Å². The van der Waals surface area contributed by atoms with Gasteiger partial charge in [-0.15, -0.1) is 0 Å². The van der Waals surface area contributed by atoms with E-state index in [-0.39, 0.29) is 0 Å². The van der Waals surface area contributed by atoms with Crippen molar-refractivity contribution in [3.05, 3.63) is 15.1 Å². The van der Waals surface area contributed by atoms with Gasteiger partial charge in [-0.2, -0.15) is 0 Å². The fraction of sp³-hybridized carbons (Fsp3) is 0.500. The molecule has 1 aromatic rings. The molecule has 1 heterocycles. The molecule has 0 spiro atoms. The predicted octanol–water partition coefficient (Wildman–Crippen LogP) is 4.35. The van der Waals surface area contributed by atoms with Crippen molar-refractivity contribution < 1.29 is 0 Å². The van der Waals surface area contributed by atoms with E-state index in [9.17, 15) is 0 Å². The molecule has 3 heteroatoms. The Hall–Kier alpha value is 0.510. The van der Waals surface area contributed by atoms with Gasteiger partial charge in [-0.05, 0) is 20.8 Å². The molecule has 0 nitrogen and oxygen atoms in total. The van der Waals surface area contributed by atoms with Gasteiger partial charge in [0.1, 0.15) is 0 Å². The molecule has 0 saturated carbocycles. The van der Waals surface area contributed by atoms with Crippen molar-refractivity contribution in [1.29, 1.82) is 0 Å². The fourth-order valence-corrected chi connectivity index (χ4v) is 6.19. The third kappa shape index (κ3) is 2.30. The Kier molecular flexibility index (Phi) is 2.59. The second kappa shape index (κ2) is 3.07. The fourth-order valence-electron chi connectivity index (χ4n) is 0.777. The maximum atomic E-state index is 2.23. The third-order valence-corrected chi connectivity index (χ3v) is 4.71. The largest absolute Gasteiger partial charge is 0.0599 e. The van der Waals surface area contributed by atoms with Crippen LogP contribution >= 0.6 is 24.6 Å². The molecule has 0 aliphatic rings. The highest BCUT2D eigenvalue weighted by Gasteiger charge is 1.90. The molecule has 0 aliphatic carbocycles. The molecular formula is C6H9P3. The van der Waals surface area contributed by atoms with Gasteiger partial charge in [0.2, 0.25) is 0 Å². The maximum absolute atomic E-state index is 2.23. The minimum Gasteiger partial charge on any atom is -0.0599 e. The zero-order valence-electron chi connectivity index (χ0n) is 5.84. The molecule has 0 aromatic carbocycles. The first-order valence-corrected chi connectivity index (χ1v) is 5.52. The summed E-state index contributed by atoms with van der Waals surface area (Å²) in [4.78, 5) is 0. The van der Waals surface area contributed by atoms with E-state index in [1.165, 1.54) is 24.6 Å². The highest BCUT2D eigenvalue weighted by Crippen LogP contribution is 2.36. The lowest BCUT2D eigenvalue weighted by atomic mass is 10.9. The van der Waals surface area contributed by atoms with Gasteiger partial charge >= 0.3 is 0 Å². The molecule has 1 rings (SSSR count). The smallest absolute Gasteiger partial charge is 0.00473 e. The van der Waals surface area contributed by atoms with E-state index < -0.39 is 0 Å². The topological polar surface area (TPSA) is 0 Å². The number of hydrogen-bond donors (Lipinski definition) is 0. The van der Waals surface area contributed by atoms with Crippen molar-refractivity contribution in [2.24, 2.45) is 0 Å². The van der Waals surface area contributed by atoms with Crippen LogP contribution in [0.4, 0.5) is 0 Å². The standard InChI is InChI=1S/C6H9P3/c1-4-7-5(2)9-6(3)8-4/h1-3H3. The minimum absolute atomic E-state index is 1.48. The maximum Gasteiger partial charge on any atom is 0.00473 e. The third-order valence-electron chi connectivity index (χ3n) is 0.971. The summed E-state index contributed by atoms with van der Waals surface area (Å²) >= 11 is 0. The molecule has 9 heavy (non-hydrogen) atoms. The van der Waals surface area contributed by atoms with Gasteiger partial charge in [0.15, 0.2) is 0 Å². The molecule has 0 fully saturated rings.